The first-order chi connectivity index (χ1) is 12.7. The second-order valence-corrected chi connectivity index (χ2v) is 7.48. The van der Waals surface area contributed by atoms with E-state index in [1.165, 1.54) is 38.5 Å². The van der Waals surface area contributed by atoms with Crippen molar-refractivity contribution in [3.63, 3.8) is 0 Å². The van der Waals surface area contributed by atoms with Gasteiger partial charge >= 0.3 is 0 Å². The molecule has 2 rings (SSSR count). The molecule has 0 saturated heterocycles. The zero-order chi connectivity index (χ0) is 18.6. The fourth-order valence-corrected chi connectivity index (χ4v) is 3.14. The van der Waals surface area contributed by atoms with E-state index in [9.17, 15) is 0 Å². The Morgan fingerprint density at radius 2 is 1.52 bits per heavy atom. The Bertz CT molecular complexity index is 647. The first-order valence-electron chi connectivity index (χ1n) is 9.55. The van der Waals surface area contributed by atoms with Gasteiger partial charge in [-0.05, 0) is 48.9 Å². The Balaban J connectivity index is 0.00000364. The second kappa shape index (κ2) is 14.1. The van der Waals surface area contributed by atoms with Crippen molar-refractivity contribution in [1.29, 1.82) is 0 Å². The molecule has 0 amide bonds. The van der Waals surface area contributed by atoms with Crippen molar-refractivity contribution >= 4 is 35.6 Å². The summed E-state index contributed by atoms with van der Waals surface area (Å²) in [5.74, 6) is 0.875. The third kappa shape index (κ3) is 9.71. The van der Waals surface area contributed by atoms with E-state index in [0.717, 1.165) is 40.0 Å². The van der Waals surface area contributed by atoms with Crippen LogP contribution in [0, 0.1) is 0 Å². The fourth-order valence-electron chi connectivity index (χ4n) is 2.82. The highest BCUT2D eigenvalue weighted by Crippen LogP contribution is 2.24. The molecule has 2 aromatic carbocycles. The smallest absolute Gasteiger partial charge is 0.124 e. The number of hydrogen-bond acceptors (Lipinski definition) is 2. The molecular weight excluding hydrogens is 401 g/mol. The first-order valence-corrected chi connectivity index (χ1v) is 10.3. The van der Waals surface area contributed by atoms with Crippen LogP contribution in [-0.2, 0) is 13.2 Å². The summed E-state index contributed by atoms with van der Waals surface area (Å²) in [4.78, 5) is 0. The van der Waals surface area contributed by atoms with E-state index in [0.29, 0.717) is 6.61 Å². The molecule has 0 unspecified atom stereocenters. The summed E-state index contributed by atoms with van der Waals surface area (Å²) in [6.07, 6.45) is 7.85. The van der Waals surface area contributed by atoms with Crippen LogP contribution in [0.15, 0.2) is 42.5 Å². The number of benzene rings is 2. The highest BCUT2D eigenvalue weighted by atomic mass is 35.5. The van der Waals surface area contributed by atoms with Gasteiger partial charge in [-0.2, -0.15) is 0 Å². The van der Waals surface area contributed by atoms with Crippen molar-refractivity contribution in [2.75, 3.05) is 6.54 Å². The van der Waals surface area contributed by atoms with E-state index < -0.39 is 0 Å². The Morgan fingerprint density at radius 3 is 2.26 bits per heavy atom. The molecule has 0 saturated carbocycles. The monoisotopic (exact) mass is 429 g/mol. The average Bonchev–Trinajstić information content (AvgIpc) is 2.64. The van der Waals surface area contributed by atoms with Gasteiger partial charge in [-0.3, -0.25) is 0 Å². The number of rotatable bonds is 12. The zero-order valence-corrected chi connectivity index (χ0v) is 18.3. The summed E-state index contributed by atoms with van der Waals surface area (Å²) in [5, 5.41) is 4.98. The van der Waals surface area contributed by atoms with E-state index in [-0.39, 0.29) is 12.4 Å². The summed E-state index contributed by atoms with van der Waals surface area (Å²) < 4.78 is 6.00. The van der Waals surface area contributed by atoms with E-state index in [1.807, 2.05) is 42.5 Å². The minimum absolute atomic E-state index is 0. The maximum Gasteiger partial charge on any atom is 0.124 e. The van der Waals surface area contributed by atoms with Gasteiger partial charge in [-0.15, -0.1) is 12.4 Å². The molecule has 0 radical (unpaired) electrons. The van der Waals surface area contributed by atoms with E-state index in [1.54, 1.807) is 0 Å². The lowest BCUT2D eigenvalue weighted by Gasteiger charge is -2.13. The standard InChI is InChI=1S/C22H29Cl2NO.ClH/c1-2-3-4-5-6-7-14-25-16-19-15-21(24)12-13-22(19)26-17-18-8-10-20(23)11-9-18;/h8-13,15,25H,2-7,14,16-17H2,1H3;1H. The molecule has 1 N–H and O–H groups in total. The highest BCUT2D eigenvalue weighted by Gasteiger charge is 2.06. The molecule has 0 heterocycles. The molecule has 0 spiro atoms. The van der Waals surface area contributed by atoms with E-state index >= 15 is 0 Å². The van der Waals surface area contributed by atoms with Gasteiger partial charge in [0.1, 0.15) is 12.4 Å². The molecule has 0 atom stereocenters. The minimum atomic E-state index is 0. The minimum Gasteiger partial charge on any atom is -0.489 e. The van der Waals surface area contributed by atoms with Crippen LogP contribution in [0.3, 0.4) is 0 Å². The van der Waals surface area contributed by atoms with Gasteiger partial charge in [0, 0.05) is 22.2 Å². The van der Waals surface area contributed by atoms with Gasteiger partial charge in [0.15, 0.2) is 0 Å². The van der Waals surface area contributed by atoms with Crippen LogP contribution in [-0.4, -0.2) is 6.54 Å². The van der Waals surface area contributed by atoms with Crippen LogP contribution in [0.5, 0.6) is 5.75 Å². The maximum absolute atomic E-state index is 6.16. The van der Waals surface area contributed by atoms with Crippen LogP contribution in [0.4, 0.5) is 0 Å². The number of nitrogens with one attached hydrogen (secondary N) is 1. The summed E-state index contributed by atoms with van der Waals surface area (Å²) in [6.45, 7) is 4.56. The van der Waals surface area contributed by atoms with Gasteiger partial charge in [-0.25, -0.2) is 0 Å². The SMILES string of the molecule is CCCCCCCCNCc1cc(Cl)ccc1OCc1ccc(Cl)cc1.Cl. The Kier molecular flexibility index (Phi) is 12.6. The van der Waals surface area contributed by atoms with Gasteiger partial charge < -0.3 is 10.1 Å². The third-order valence-corrected chi connectivity index (χ3v) is 4.84. The molecule has 0 aliphatic rings. The van der Waals surface area contributed by atoms with Crippen molar-refractivity contribution in [2.45, 2.75) is 58.6 Å². The molecular formula is C22H30Cl3NO. The van der Waals surface area contributed by atoms with Crippen LogP contribution in [0.1, 0.15) is 56.6 Å². The predicted molar refractivity (Wildman–Crippen MR) is 120 cm³/mol. The van der Waals surface area contributed by atoms with Gasteiger partial charge in [-0.1, -0.05) is 74.4 Å². The van der Waals surface area contributed by atoms with Crippen molar-refractivity contribution in [3.05, 3.63) is 63.6 Å². The molecule has 5 heteroatoms. The topological polar surface area (TPSA) is 21.3 Å². The van der Waals surface area contributed by atoms with Crippen LogP contribution in [0.25, 0.3) is 0 Å². The normalized spacial score (nSPS) is 10.5. The Morgan fingerprint density at radius 1 is 0.852 bits per heavy atom. The van der Waals surface area contributed by atoms with E-state index in [4.69, 9.17) is 27.9 Å². The van der Waals surface area contributed by atoms with Gasteiger partial charge in [0.05, 0.1) is 0 Å². The maximum atomic E-state index is 6.16. The van der Waals surface area contributed by atoms with Gasteiger partial charge in [0.2, 0.25) is 0 Å². The fraction of sp³-hybridized carbons (Fsp3) is 0.455. The number of ether oxygens (including phenoxy) is 1. The number of hydrogen-bond donors (Lipinski definition) is 1. The molecule has 0 bridgehead atoms. The lowest BCUT2D eigenvalue weighted by atomic mass is 10.1. The molecule has 27 heavy (non-hydrogen) atoms. The molecule has 0 fully saturated rings. The Labute approximate surface area is 180 Å². The Hall–Kier alpha value is -0.930. The molecule has 2 aromatic rings. The molecule has 0 aliphatic carbocycles. The summed E-state index contributed by atoms with van der Waals surface area (Å²) in [5.41, 5.74) is 2.19. The first kappa shape index (κ1) is 24.1. The summed E-state index contributed by atoms with van der Waals surface area (Å²) in [7, 11) is 0. The molecule has 0 aliphatic heterocycles. The van der Waals surface area contributed by atoms with Crippen LogP contribution < -0.4 is 10.1 Å². The predicted octanol–water partition coefficient (Wildman–Crippen LogP) is 7.44. The van der Waals surface area contributed by atoms with Crippen molar-refractivity contribution in [1.82, 2.24) is 5.32 Å². The highest BCUT2D eigenvalue weighted by molar-refractivity contribution is 6.30. The van der Waals surface area contributed by atoms with Crippen molar-refractivity contribution in [3.8, 4) is 5.75 Å². The largest absolute Gasteiger partial charge is 0.489 e. The lowest BCUT2D eigenvalue weighted by Crippen LogP contribution is -2.15. The number of halogens is 3. The van der Waals surface area contributed by atoms with E-state index in [2.05, 4.69) is 12.2 Å². The van der Waals surface area contributed by atoms with Crippen LogP contribution >= 0.6 is 35.6 Å². The molecule has 2 nitrogen and oxygen atoms in total. The summed E-state index contributed by atoms with van der Waals surface area (Å²) >= 11 is 12.1. The van der Waals surface area contributed by atoms with Gasteiger partial charge in [0.25, 0.3) is 0 Å². The third-order valence-electron chi connectivity index (χ3n) is 4.35. The molecule has 0 aromatic heterocycles. The average molecular weight is 431 g/mol. The van der Waals surface area contributed by atoms with Crippen LogP contribution in [0.2, 0.25) is 10.0 Å². The quantitative estimate of drug-likeness (QED) is 0.353. The number of unbranched alkanes of at least 4 members (excludes halogenated alkanes) is 5. The summed E-state index contributed by atoms with van der Waals surface area (Å²) in [6, 6.07) is 13.5. The lowest BCUT2D eigenvalue weighted by molar-refractivity contribution is 0.302. The van der Waals surface area contributed by atoms with Crippen molar-refractivity contribution < 1.29 is 4.74 Å². The zero-order valence-electron chi connectivity index (χ0n) is 16.0. The van der Waals surface area contributed by atoms with Crippen molar-refractivity contribution in [2.24, 2.45) is 0 Å². The second-order valence-electron chi connectivity index (χ2n) is 6.61. The molecule has 150 valence electrons.